The number of benzene rings is 2. The Morgan fingerprint density at radius 2 is 1.78 bits per heavy atom. The fourth-order valence-electron chi connectivity index (χ4n) is 2.63. The smallest absolute Gasteiger partial charge is 0.320 e. The Hall–Kier alpha value is -3.26. The van der Waals surface area contributed by atoms with Gasteiger partial charge in [-0.25, -0.2) is 0 Å². The van der Waals surface area contributed by atoms with Crippen LogP contribution in [-0.4, -0.2) is 19.3 Å². The van der Waals surface area contributed by atoms with E-state index in [0.29, 0.717) is 11.5 Å². The molecule has 0 amide bonds. The Balaban J connectivity index is 1.63. The van der Waals surface area contributed by atoms with Crippen LogP contribution in [0.3, 0.4) is 0 Å². The van der Waals surface area contributed by atoms with Gasteiger partial charge < -0.3 is 4.52 Å². The lowest BCUT2D eigenvalue weighted by Gasteiger charge is -2.07. The minimum Gasteiger partial charge on any atom is -0.337 e. The highest BCUT2D eigenvalue weighted by molar-refractivity contribution is 9.10. The molecule has 4 rings (SSSR count). The third-order valence-corrected chi connectivity index (χ3v) is 4.44. The molecule has 0 atom stereocenters. The van der Waals surface area contributed by atoms with Crippen molar-refractivity contribution in [2.75, 3.05) is 0 Å². The molecule has 0 radical (unpaired) electrons. The van der Waals surface area contributed by atoms with Gasteiger partial charge in [0.2, 0.25) is 11.7 Å². The second kappa shape index (κ2) is 7.16. The summed E-state index contributed by atoms with van der Waals surface area (Å²) in [7, 11) is 0. The molecule has 0 aliphatic heterocycles. The highest BCUT2D eigenvalue weighted by atomic mass is 79.9. The number of hydrogen-bond donors (Lipinski definition) is 0. The highest BCUT2D eigenvalue weighted by Gasteiger charge is 2.12. The average molecular weight is 425 g/mol. The van der Waals surface area contributed by atoms with Crippen molar-refractivity contribution in [3.63, 3.8) is 0 Å². The first kappa shape index (κ1) is 17.2. The average Bonchev–Trinajstić information content (AvgIpc) is 3.15. The maximum Gasteiger partial charge on any atom is 0.320 e. The number of nitrogens with zero attached hydrogens (tertiary/aromatic N) is 4. The van der Waals surface area contributed by atoms with Crippen LogP contribution in [0.15, 0.2) is 85.6 Å². The summed E-state index contributed by atoms with van der Waals surface area (Å²) in [5.41, 5.74) is 0.103. The molecule has 0 bridgehead atoms. The lowest BCUT2D eigenvalue weighted by Crippen LogP contribution is -2.40. The van der Waals surface area contributed by atoms with Crippen LogP contribution in [0.1, 0.15) is 5.89 Å². The Morgan fingerprint density at radius 1 is 0.963 bits per heavy atom. The zero-order valence-corrected chi connectivity index (χ0v) is 15.5. The van der Waals surface area contributed by atoms with Crippen LogP contribution in [0.2, 0.25) is 0 Å². The van der Waals surface area contributed by atoms with Crippen molar-refractivity contribution >= 4 is 15.9 Å². The molecule has 0 unspecified atom stereocenters. The molecule has 0 N–H and O–H groups in total. The standard InChI is InChI=1S/C19H13BrN4O3/c20-14-6-4-5-13(11-14)17-21-16(27-22-17)12-23-9-10-24(19(26)18(23)25)15-7-2-1-3-8-15/h1-11H,12H2. The van der Waals surface area contributed by atoms with Crippen molar-refractivity contribution in [3.05, 3.63) is 98.1 Å². The topological polar surface area (TPSA) is 82.9 Å². The molecule has 134 valence electrons. The van der Waals surface area contributed by atoms with E-state index in [0.717, 1.165) is 10.0 Å². The SMILES string of the molecule is O=c1c(=O)n(-c2ccccc2)ccn1Cc1nc(-c2cccc(Br)c2)no1. The minimum atomic E-state index is -0.663. The Labute approximate surface area is 161 Å². The van der Waals surface area contributed by atoms with Crippen LogP contribution in [0.4, 0.5) is 0 Å². The summed E-state index contributed by atoms with van der Waals surface area (Å²) < 4.78 is 8.68. The van der Waals surface area contributed by atoms with Crippen LogP contribution < -0.4 is 11.1 Å². The molecule has 0 spiro atoms. The maximum atomic E-state index is 12.4. The van der Waals surface area contributed by atoms with Gasteiger partial charge in [-0.2, -0.15) is 4.98 Å². The fraction of sp³-hybridized carbons (Fsp3) is 0.0526. The molecule has 27 heavy (non-hydrogen) atoms. The third kappa shape index (κ3) is 3.52. The van der Waals surface area contributed by atoms with E-state index in [9.17, 15) is 9.59 Å². The van der Waals surface area contributed by atoms with Crippen LogP contribution >= 0.6 is 15.9 Å². The number of para-hydroxylation sites is 1. The first-order chi connectivity index (χ1) is 13.1. The number of halogens is 1. The quantitative estimate of drug-likeness (QED) is 0.470. The molecule has 0 aliphatic carbocycles. The summed E-state index contributed by atoms with van der Waals surface area (Å²) in [5.74, 6) is 0.654. The summed E-state index contributed by atoms with van der Waals surface area (Å²) in [6.07, 6.45) is 3.07. The van der Waals surface area contributed by atoms with E-state index in [1.807, 2.05) is 30.3 Å². The van der Waals surface area contributed by atoms with Gasteiger partial charge in [0.25, 0.3) is 0 Å². The van der Waals surface area contributed by atoms with Crippen molar-refractivity contribution in [2.45, 2.75) is 6.54 Å². The molecular weight excluding hydrogens is 412 g/mol. The van der Waals surface area contributed by atoms with Gasteiger partial charge in [0.15, 0.2) is 0 Å². The van der Waals surface area contributed by atoms with Gasteiger partial charge in [-0.1, -0.05) is 51.4 Å². The van der Waals surface area contributed by atoms with Crippen molar-refractivity contribution < 1.29 is 4.52 Å². The first-order valence-electron chi connectivity index (χ1n) is 8.08. The molecule has 2 aromatic carbocycles. The van der Waals surface area contributed by atoms with Crippen molar-refractivity contribution in [1.82, 2.24) is 19.3 Å². The number of rotatable bonds is 4. The van der Waals surface area contributed by atoms with Gasteiger partial charge in [-0.05, 0) is 24.3 Å². The molecule has 0 saturated carbocycles. The third-order valence-electron chi connectivity index (χ3n) is 3.95. The molecule has 0 aliphatic rings. The second-order valence-electron chi connectivity index (χ2n) is 5.76. The summed E-state index contributed by atoms with van der Waals surface area (Å²) in [6, 6.07) is 16.4. The summed E-state index contributed by atoms with van der Waals surface area (Å²) >= 11 is 3.39. The van der Waals surface area contributed by atoms with Gasteiger partial charge in [0, 0.05) is 28.1 Å². The fourth-order valence-corrected chi connectivity index (χ4v) is 3.03. The van der Waals surface area contributed by atoms with Gasteiger partial charge in [0.05, 0.1) is 0 Å². The van der Waals surface area contributed by atoms with Crippen molar-refractivity contribution in [1.29, 1.82) is 0 Å². The Bertz CT molecular complexity index is 1210. The van der Waals surface area contributed by atoms with E-state index in [-0.39, 0.29) is 12.4 Å². The van der Waals surface area contributed by atoms with Crippen molar-refractivity contribution in [3.8, 4) is 17.1 Å². The predicted molar refractivity (Wildman–Crippen MR) is 103 cm³/mol. The lowest BCUT2D eigenvalue weighted by molar-refractivity contribution is 0.369. The lowest BCUT2D eigenvalue weighted by atomic mass is 10.2. The minimum absolute atomic E-state index is 0.0186. The van der Waals surface area contributed by atoms with Crippen LogP contribution in [0.5, 0.6) is 0 Å². The normalized spacial score (nSPS) is 10.9. The summed E-state index contributed by atoms with van der Waals surface area (Å²) in [6.45, 7) is 0.0186. The molecular formula is C19H13BrN4O3. The van der Waals surface area contributed by atoms with Gasteiger partial charge in [-0.15, -0.1) is 0 Å². The largest absolute Gasteiger partial charge is 0.337 e. The molecule has 8 heteroatoms. The van der Waals surface area contributed by atoms with E-state index in [1.165, 1.54) is 15.3 Å². The molecule has 2 heterocycles. The van der Waals surface area contributed by atoms with E-state index in [1.54, 1.807) is 30.5 Å². The molecule has 2 aromatic heterocycles. The molecule has 0 saturated heterocycles. The first-order valence-corrected chi connectivity index (χ1v) is 8.87. The Kier molecular flexibility index (Phi) is 4.55. The maximum absolute atomic E-state index is 12.4. The van der Waals surface area contributed by atoms with E-state index >= 15 is 0 Å². The molecule has 4 aromatic rings. The van der Waals surface area contributed by atoms with Crippen LogP contribution in [0.25, 0.3) is 17.1 Å². The Morgan fingerprint density at radius 3 is 2.56 bits per heavy atom. The predicted octanol–water partition coefficient (Wildman–Crippen LogP) is 2.86. The molecule has 7 nitrogen and oxygen atoms in total. The van der Waals surface area contributed by atoms with Crippen LogP contribution in [0, 0.1) is 0 Å². The van der Waals surface area contributed by atoms with Crippen LogP contribution in [-0.2, 0) is 6.54 Å². The van der Waals surface area contributed by atoms with E-state index < -0.39 is 11.1 Å². The van der Waals surface area contributed by atoms with E-state index in [2.05, 4.69) is 26.1 Å². The van der Waals surface area contributed by atoms with Gasteiger partial charge in [-0.3, -0.25) is 18.7 Å². The van der Waals surface area contributed by atoms with Gasteiger partial charge >= 0.3 is 11.1 Å². The monoisotopic (exact) mass is 424 g/mol. The number of aromatic nitrogens is 4. The van der Waals surface area contributed by atoms with E-state index in [4.69, 9.17) is 4.52 Å². The van der Waals surface area contributed by atoms with Crippen molar-refractivity contribution in [2.24, 2.45) is 0 Å². The second-order valence-corrected chi connectivity index (χ2v) is 6.68. The number of hydrogen-bond acceptors (Lipinski definition) is 5. The zero-order valence-electron chi connectivity index (χ0n) is 13.9. The summed E-state index contributed by atoms with van der Waals surface area (Å²) in [5, 5.41) is 3.94. The molecule has 0 fully saturated rings. The summed E-state index contributed by atoms with van der Waals surface area (Å²) in [4.78, 5) is 29.1. The highest BCUT2D eigenvalue weighted by Crippen LogP contribution is 2.20. The van der Waals surface area contributed by atoms with Gasteiger partial charge in [0.1, 0.15) is 6.54 Å². The zero-order chi connectivity index (χ0) is 18.8.